The van der Waals surface area contributed by atoms with Gasteiger partial charge in [-0.1, -0.05) is 30.3 Å². The summed E-state index contributed by atoms with van der Waals surface area (Å²) in [5.41, 5.74) is 2.00. The lowest BCUT2D eigenvalue weighted by atomic mass is 10.1. The van der Waals surface area contributed by atoms with E-state index < -0.39 is 36.0 Å². The lowest BCUT2D eigenvalue weighted by Crippen LogP contribution is -2.60. The summed E-state index contributed by atoms with van der Waals surface area (Å²) in [6, 6.07) is 10.5. The van der Waals surface area contributed by atoms with E-state index >= 15 is 0 Å². The fourth-order valence-corrected chi connectivity index (χ4v) is 4.10. The Hall–Kier alpha value is -2.71. The topological polar surface area (TPSA) is 95.9 Å². The van der Waals surface area contributed by atoms with Crippen molar-refractivity contribution in [2.75, 3.05) is 0 Å². The summed E-state index contributed by atoms with van der Waals surface area (Å²) in [7, 11) is 0. The van der Waals surface area contributed by atoms with Crippen molar-refractivity contribution in [2.45, 2.75) is 37.8 Å². The highest BCUT2D eigenvalue weighted by Crippen LogP contribution is 2.24. The first-order valence-electron chi connectivity index (χ1n) is 8.60. The van der Waals surface area contributed by atoms with Crippen molar-refractivity contribution in [2.24, 2.45) is 0 Å². The highest BCUT2D eigenvalue weighted by Gasteiger charge is 2.44. The molecule has 3 heterocycles. The molecular weight excluding hydrogens is 368 g/mol. The lowest BCUT2D eigenvalue weighted by Gasteiger charge is -2.31. The quantitative estimate of drug-likeness (QED) is 0.751. The van der Waals surface area contributed by atoms with Gasteiger partial charge >= 0.3 is 5.97 Å². The molecule has 2 aliphatic heterocycles. The van der Waals surface area contributed by atoms with Crippen molar-refractivity contribution in [1.82, 2.24) is 10.2 Å². The molecule has 2 N–H and O–H groups in total. The molecule has 8 heteroatoms. The van der Waals surface area contributed by atoms with E-state index in [-0.39, 0.29) is 0 Å². The van der Waals surface area contributed by atoms with Crippen LogP contribution in [0.1, 0.15) is 16.0 Å². The third-order valence-corrected chi connectivity index (χ3v) is 5.68. The summed E-state index contributed by atoms with van der Waals surface area (Å²) in [5.74, 6) is -1.94. The number of ether oxygens (including phenoxy) is 1. The molecule has 1 aromatic heterocycles. The summed E-state index contributed by atoms with van der Waals surface area (Å²) in [6.07, 6.45) is -2.94. The number of hydrogen-bond donors (Lipinski definition) is 2. The van der Waals surface area contributed by atoms with Crippen molar-refractivity contribution in [3.63, 3.8) is 0 Å². The summed E-state index contributed by atoms with van der Waals surface area (Å²) in [5, 5.41) is 14.8. The van der Waals surface area contributed by atoms with Gasteiger partial charge in [0.2, 0.25) is 6.10 Å². The van der Waals surface area contributed by atoms with Crippen LogP contribution in [0.15, 0.2) is 41.8 Å². The van der Waals surface area contributed by atoms with E-state index in [0.29, 0.717) is 19.5 Å². The highest BCUT2D eigenvalue weighted by molar-refractivity contribution is 7.09. The fraction of sp³-hybridized carbons (Fsp3) is 0.316. The smallest absolute Gasteiger partial charge is 0.329 e. The Morgan fingerprint density at radius 3 is 2.56 bits per heavy atom. The largest absolute Gasteiger partial charge is 0.447 e. The standard InChI is InChI=1S/C19H18N2O5S/c22-15(18(24)21-9-11-4-1-2-5-12(11)10-21)16-17(23)20-14(19(25)26-16)8-13-6-3-7-27-13/h1-7,14-16,22H,8-10H2,(H,20,23)/t14?,15-,16-/m1/s1. The monoisotopic (exact) mass is 386 g/mol. The van der Waals surface area contributed by atoms with Crippen LogP contribution in [-0.4, -0.2) is 46.0 Å². The number of nitrogens with zero attached hydrogens (tertiary/aromatic N) is 1. The van der Waals surface area contributed by atoms with Crippen LogP contribution in [0, 0.1) is 0 Å². The number of carbonyl (C=O) groups is 3. The number of amides is 2. The molecule has 2 aliphatic rings. The summed E-state index contributed by atoms with van der Waals surface area (Å²) < 4.78 is 5.14. The van der Waals surface area contributed by atoms with Crippen LogP contribution in [0.25, 0.3) is 0 Å². The maximum atomic E-state index is 12.6. The Bertz CT molecular complexity index is 857. The second kappa shape index (κ2) is 7.13. The minimum Gasteiger partial charge on any atom is -0.447 e. The molecule has 1 fully saturated rings. The first-order valence-corrected chi connectivity index (χ1v) is 9.48. The van der Waals surface area contributed by atoms with Gasteiger partial charge in [0, 0.05) is 24.4 Å². The molecule has 1 aromatic carbocycles. The Morgan fingerprint density at radius 1 is 1.22 bits per heavy atom. The SMILES string of the molecule is O=C1O[C@H]([C@@H](O)C(=O)N2Cc3ccccc3C2)C(=O)NC1Cc1cccs1. The highest BCUT2D eigenvalue weighted by atomic mass is 32.1. The minimum absolute atomic E-state index is 0.320. The molecule has 7 nitrogen and oxygen atoms in total. The van der Waals surface area contributed by atoms with Gasteiger partial charge < -0.3 is 20.1 Å². The van der Waals surface area contributed by atoms with E-state index in [0.717, 1.165) is 16.0 Å². The molecule has 2 amide bonds. The molecule has 27 heavy (non-hydrogen) atoms. The number of hydrogen-bond acceptors (Lipinski definition) is 6. The van der Waals surface area contributed by atoms with Crippen molar-refractivity contribution < 1.29 is 24.2 Å². The molecule has 0 saturated carbocycles. The molecule has 3 atom stereocenters. The number of rotatable bonds is 4. The third-order valence-electron chi connectivity index (χ3n) is 4.78. The first-order chi connectivity index (χ1) is 13.0. The maximum Gasteiger partial charge on any atom is 0.329 e. The zero-order chi connectivity index (χ0) is 19.0. The number of thiophene rings is 1. The second-order valence-corrected chi connectivity index (χ2v) is 7.64. The lowest BCUT2D eigenvalue weighted by molar-refractivity contribution is -0.177. The van der Waals surface area contributed by atoms with Crippen LogP contribution in [0.2, 0.25) is 0 Å². The van der Waals surface area contributed by atoms with Gasteiger partial charge in [0.25, 0.3) is 11.8 Å². The van der Waals surface area contributed by atoms with Crippen LogP contribution in [-0.2, 0) is 38.6 Å². The van der Waals surface area contributed by atoms with Gasteiger partial charge in [-0.05, 0) is 22.6 Å². The van der Waals surface area contributed by atoms with Gasteiger partial charge in [0.15, 0.2) is 6.10 Å². The molecule has 2 aromatic rings. The van der Waals surface area contributed by atoms with Gasteiger partial charge in [-0.2, -0.15) is 0 Å². The van der Waals surface area contributed by atoms with E-state index in [1.807, 2.05) is 41.8 Å². The molecule has 4 rings (SSSR count). The molecule has 1 saturated heterocycles. The van der Waals surface area contributed by atoms with Gasteiger partial charge in [0.1, 0.15) is 6.04 Å². The van der Waals surface area contributed by atoms with Crippen molar-refractivity contribution in [3.8, 4) is 0 Å². The van der Waals surface area contributed by atoms with Gasteiger partial charge in [-0.25, -0.2) is 4.79 Å². The number of esters is 1. The Kier molecular flexibility index (Phi) is 4.67. The number of carbonyl (C=O) groups excluding carboxylic acids is 3. The third kappa shape index (κ3) is 3.45. The average molecular weight is 386 g/mol. The van der Waals surface area contributed by atoms with E-state index in [2.05, 4.69) is 5.32 Å². The summed E-state index contributed by atoms with van der Waals surface area (Å²) in [4.78, 5) is 39.6. The van der Waals surface area contributed by atoms with Crippen LogP contribution in [0.5, 0.6) is 0 Å². The molecule has 0 spiro atoms. The predicted octanol–water partition coefficient (Wildman–Crippen LogP) is 0.604. The number of morpholine rings is 1. The molecule has 0 radical (unpaired) electrons. The zero-order valence-corrected chi connectivity index (χ0v) is 15.1. The number of cyclic esters (lactones) is 1. The molecule has 140 valence electrons. The zero-order valence-electron chi connectivity index (χ0n) is 14.3. The van der Waals surface area contributed by atoms with E-state index in [4.69, 9.17) is 4.74 Å². The normalized spacial score (nSPS) is 22.8. The van der Waals surface area contributed by atoms with E-state index in [1.165, 1.54) is 16.2 Å². The Morgan fingerprint density at radius 2 is 1.93 bits per heavy atom. The summed E-state index contributed by atoms with van der Waals surface area (Å²) in [6.45, 7) is 0.713. The number of nitrogens with one attached hydrogen (secondary N) is 1. The van der Waals surface area contributed by atoms with E-state index in [1.54, 1.807) is 0 Å². The molecular formula is C19H18N2O5S. The van der Waals surface area contributed by atoms with Gasteiger partial charge in [0.05, 0.1) is 0 Å². The fourth-order valence-electron chi connectivity index (χ4n) is 3.35. The van der Waals surface area contributed by atoms with Crippen LogP contribution < -0.4 is 5.32 Å². The Balaban J connectivity index is 1.41. The van der Waals surface area contributed by atoms with Crippen molar-refractivity contribution in [1.29, 1.82) is 0 Å². The second-order valence-electron chi connectivity index (χ2n) is 6.61. The van der Waals surface area contributed by atoms with E-state index in [9.17, 15) is 19.5 Å². The van der Waals surface area contributed by atoms with Gasteiger partial charge in [-0.15, -0.1) is 11.3 Å². The van der Waals surface area contributed by atoms with Crippen LogP contribution >= 0.6 is 11.3 Å². The van der Waals surface area contributed by atoms with Crippen LogP contribution in [0.4, 0.5) is 0 Å². The number of fused-ring (bicyclic) bond motifs is 1. The molecule has 0 aliphatic carbocycles. The molecule has 1 unspecified atom stereocenters. The molecule has 0 bridgehead atoms. The first kappa shape index (κ1) is 17.7. The minimum atomic E-state index is -1.73. The van der Waals surface area contributed by atoms with Crippen molar-refractivity contribution in [3.05, 3.63) is 57.8 Å². The summed E-state index contributed by atoms with van der Waals surface area (Å²) >= 11 is 1.47. The maximum absolute atomic E-state index is 12.6. The number of aliphatic hydroxyl groups excluding tert-OH is 1. The number of benzene rings is 1. The predicted molar refractivity (Wildman–Crippen MR) is 96.5 cm³/mol. The Labute approximate surface area is 159 Å². The van der Waals surface area contributed by atoms with Gasteiger partial charge in [-0.3, -0.25) is 9.59 Å². The van der Waals surface area contributed by atoms with Crippen molar-refractivity contribution >= 4 is 29.1 Å². The number of aliphatic hydroxyl groups is 1. The average Bonchev–Trinajstić information content (AvgIpc) is 3.32. The van der Waals surface area contributed by atoms with Crippen LogP contribution in [0.3, 0.4) is 0 Å².